The van der Waals surface area contributed by atoms with E-state index in [1.807, 2.05) is 0 Å². The van der Waals surface area contributed by atoms with Crippen molar-refractivity contribution in [3.05, 3.63) is 41.3 Å². The van der Waals surface area contributed by atoms with Crippen LogP contribution in [0.5, 0.6) is 0 Å². The van der Waals surface area contributed by atoms with E-state index in [4.69, 9.17) is 11.6 Å². The number of thioether (sulfide) groups is 1. The third-order valence-corrected chi connectivity index (χ3v) is 3.07. The van der Waals surface area contributed by atoms with Crippen molar-refractivity contribution in [2.24, 2.45) is 0 Å². The topological polar surface area (TPSA) is 0 Å². The van der Waals surface area contributed by atoms with E-state index in [-0.39, 0.29) is 57.1 Å². The molecule has 1 aromatic carbocycles. The van der Waals surface area contributed by atoms with Crippen LogP contribution in [0.2, 0.25) is 5.02 Å². The van der Waals surface area contributed by atoms with Crippen LogP contribution in [0, 0.1) is 0 Å². The normalized spacial score (nSPS) is 10.8. The van der Waals surface area contributed by atoms with Crippen LogP contribution in [0.25, 0.3) is 0 Å². The molecule has 0 radical (unpaired) electrons. The van der Waals surface area contributed by atoms with Gasteiger partial charge < -0.3 is 12.9 Å². The molecule has 1 aromatic rings. The number of rotatable bonds is 4. The van der Waals surface area contributed by atoms with E-state index in [0.717, 1.165) is 16.7 Å². The van der Waals surface area contributed by atoms with Gasteiger partial charge in [-0.1, -0.05) is 11.6 Å². The summed E-state index contributed by atoms with van der Waals surface area (Å²) in [4.78, 5) is 0.751. The Morgan fingerprint density at radius 2 is 1.75 bits per heavy atom. The number of halogens is 4. The van der Waals surface area contributed by atoms with Crippen molar-refractivity contribution in [2.45, 2.75) is 4.90 Å². The van der Waals surface area contributed by atoms with Crippen molar-refractivity contribution in [1.82, 2.24) is 0 Å². The van der Waals surface area contributed by atoms with Crippen LogP contribution in [0.15, 0.2) is 41.2 Å². The molecule has 0 saturated carbocycles. The SMILES string of the molecule is C=C(CSc1ccc(Cl)cc1)[B-](F)(F)F.[K+]. The van der Waals surface area contributed by atoms with E-state index in [9.17, 15) is 12.9 Å². The zero-order valence-corrected chi connectivity index (χ0v) is 13.4. The summed E-state index contributed by atoms with van der Waals surface area (Å²) in [6.45, 7) is -1.90. The zero-order valence-electron chi connectivity index (χ0n) is 8.72. The van der Waals surface area contributed by atoms with Crippen molar-refractivity contribution in [3.63, 3.8) is 0 Å². The van der Waals surface area contributed by atoms with Gasteiger partial charge in [0, 0.05) is 9.92 Å². The fourth-order valence-electron chi connectivity index (χ4n) is 0.801. The molecular formula is C9H8BClF3KS. The van der Waals surface area contributed by atoms with E-state index in [1.165, 1.54) is 0 Å². The van der Waals surface area contributed by atoms with Gasteiger partial charge in [0.05, 0.1) is 0 Å². The summed E-state index contributed by atoms with van der Waals surface area (Å²) in [6, 6.07) is 6.66. The summed E-state index contributed by atoms with van der Waals surface area (Å²) in [6.07, 6.45) is 0. The van der Waals surface area contributed by atoms with Crippen LogP contribution in [0.4, 0.5) is 12.9 Å². The van der Waals surface area contributed by atoms with Gasteiger partial charge in [-0.25, -0.2) is 0 Å². The average Bonchev–Trinajstić information content (AvgIpc) is 2.15. The maximum Gasteiger partial charge on any atom is 1.00 e. The molecule has 0 unspecified atom stereocenters. The first-order valence-electron chi connectivity index (χ1n) is 4.15. The Hall–Kier alpha value is 1.09. The quantitative estimate of drug-likeness (QED) is 0.596. The van der Waals surface area contributed by atoms with E-state index in [1.54, 1.807) is 24.3 Å². The molecular weight excluding hydrogens is 283 g/mol. The summed E-state index contributed by atoms with van der Waals surface area (Å²) in [7, 11) is 0. The van der Waals surface area contributed by atoms with Gasteiger partial charge in [0.15, 0.2) is 0 Å². The molecule has 0 fully saturated rings. The van der Waals surface area contributed by atoms with Crippen molar-refractivity contribution < 1.29 is 64.3 Å². The van der Waals surface area contributed by atoms with Gasteiger partial charge in [-0.2, -0.15) is 0 Å². The molecule has 0 heterocycles. The third-order valence-electron chi connectivity index (χ3n) is 1.70. The summed E-state index contributed by atoms with van der Waals surface area (Å²) in [5.41, 5.74) is -0.671. The predicted molar refractivity (Wildman–Crippen MR) is 60.4 cm³/mol. The van der Waals surface area contributed by atoms with E-state index in [0.29, 0.717) is 5.02 Å². The summed E-state index contributed by atoms with van der Waals surface area (Å²) in [5.74, 6) is -0.134. The number of benzene rings is 1. The second-order valence-corrected chi connectivity index (χ2v) is 4.46. The molecule has 0 aliphatic carbocycles. The van der Waals surface area contributed by atoms with Crippen LogP contribution < -0.4 is 51.4 Å². The molecule has 0 aliphatic heterocycles. The van der Waals surface area contributed by atoms with Crippen LogP contribution in [0.3, 0.4) is 0 Å². The molecule has 0 saturated heterocycles. The molecule has 0 atom stereocenters. The third kappa shape index (κ3) is 6.14. The Bertz CT molecular complexity index is 353. The summed E-state index contributed by atoms with van der Waals surface area (Å²) < 4.78 is 36.4. The Balaban J connectivity index is 0.00000225. The summed E-state index contributed by atoms with van der Waals surface area (Å²) >= 11 is 6.74. The molecule has 82 valence electrons. The molecule has 0 aliphatic rings. The van der Waals surface area contributed by atoms with E-state index < -0.39 is 12.4 Å². The molecule has 1 rings (SSSR count). The zero-order chi connectivity index (χ0) is 11.5. The number of hydrogen-bond acceptors (Lipinski definition) is 1. The van der Waals surface area contributed by atoms with Crippen LogP contribution in [-0.2, 0) is 0 Å². The average molecular weight is 291 g/mol. The first-order valence-corrected chi connectivity index (χ1v) is 5.52. The maximum atomic E-state index is 12.1. The van der Waals surface area contributed by atoms with Gasteiger partial charge in [-0.15, -0.1) is 23.8 Å². The number of hydrogen-bond donors (Lipinski definition) is 0. The van der Waals surface area contributed by atoms with Gasteiger partial charge in [0.2, 0.25) is 0 Å². The van der Waals surface area contributed by atoms with Crippen molar-refractivity contribution in [3.8, 4) is 0 Å². The van der Waals surface area contributed by atoms with E-state index >= 15 is 0 Å². The van der Waals surface area contributed by atoms with Crippen molar-refractivity contribution in [1.29, 1.82) is 0 Å². The minimum Gasteiger partial charge on any atom is -0.445 e. The van der Waals surface area contributed by atoms with Gasteiger partial charge in [-0.3, -0.25) is 0 Å². The Labute approximate surface area is 144 Å². The second kappa shape index (κ2) is 7.51. The maximum absolute atomic E-state index is 12.1. The smallest absolute Gasteiger partial charge is 0.445 e. The molecule has 0 spiro atoms. The molecule has 16 heavy (non-hydrogen) atoms. The van der Waals surface area contributed by atoms with Crippen LogP contribution in [-0.4, -0.2) is 12.7 Å². The van der Waals surface area contributed by atoms with Gasteiger partial charge in [0.25, 0.3) is 0 Å². The largest absolute Gasteiger partial charge is 1.00 e. The molecule has 0 N–H and O–H groups in total. The van der Waals surface area contributed by atoms with Crippen molar-refractivity contribution >= 4 is 30.3 Å². The molecule has 0 aromatic heterocycles. The molecule has 7 heteroatoms. The minimum absolute atomic E-state index is 0. The van der Waals surface area contributed by atoms with Crippen LogP contribution >= 0.6 is 23.4 Å². The Kier molecular flexibility index (Phi) is 8.02. The standard InChI is InChI=1S/C9H8BClF3S.K/c1-7(10(12,13)14)6-15-9-4-2-8(11)3-5-9;/h2-5H,1,6H2;/q-1;+1. The Morgan fingerprint density at radius 1 is 1.25 bits per heavy atom. The fraction of sp³-hybridized carbons (Fsp3) is 0.111. The van der Waals surface area contributed by atoms with Crippen LogP contribution in [0.1, 0.15) is 0 Å². The van der Waals surface area contributed by atoms with E-state index in [2.05, 4.69) is 6.58 Å². The van der Waals surface area contributed by atoms with Crippen molar-refractivity contribution in [2.75, 3.05) is 5.75 Å². The minimum atomic E-state index is -4.92. The molecule has 0 amide bonds. The summed E-state index contributed by atoms with van der Waals surface area (Å²) in [5, 5.41) is 0.568. The molecule has 0 nitrogen and oxygen atoms in total. The van der Waals surface area contributed by atoms with Gasteiger partial charge in [0.1, 0.15) is 0 Å². The monoisotopic (exact) mass is 290 g/mol. The molecule has 0 bridgehead atoms. The first kappa shape index (κ1) is 17.1. The predicted octanol–water partition coefficient (Wildman–Crippen LogP) is 1.38. The Morgan fingerprint density at radius 3 is 2.19 bits per heavy atom. The fourth-order valence-corrected chi connectivity index (χ4v) is 1.80. The second-order valence-electron chi connectivity index (χ2n) is 2.98. The van der Waals surface area contributed by atoms with Gasteiger partial charge >= 0.3 is 58.4 Å². The van der Waals surface area contributed by atoms with Gasteiger partial charge in [-0.05, 0) is 30.0 Å². The first-order chi connectivity index (χ1) is 6.89.